The number of rotatable bonds is 3. The lowest BCUT2D eigenvalue weighted by Gasteiger charge is -2.20. The molecule has 0 fully saturated rings. The van der Waals surface area contributed by atoms with E-state index in [4.69, 9.17) is 5.73 Å². The standard InChI is InChI=1S/C15H18N2O2S/c1-11-7-8-15(9-12(11)2)20(18,19)17(3)14-6-4-5-13(16)10-14/h4-10H,16H2,1-3H3. The van der Waals surface area contributed by atoms with Gasteiger partial charge in [-0.1, -0.05) is 12.1 Å². The summed E-state index contributed by atoms with van der Waals surface area (Å²) in [6.45, 7) is 3.85. The highest BCUT2D eigenvalue weighted by Gasteiger charge is 2.21. The first kappa shape index (κ1) is 14.4. The summed E-state index contributed by atoms with van der Waals surface area (Å²) in [7, 11) is -2.04. The maximum absolute atomic E-state index is 12.6. The predicted molar refractivity (Wildman–Crippen MR) is 82.4 cm³/mol. The summed E-state index contributed by atoms with van der Waals surface area (Å²) in [6.07, 6.45) is 0. The third kappa shape index (κ3) is 2.63. The zero-order valence-electron chi connectivity index (χ0n) is 11.8. The van der Waals surface area contributed by atoms with Crippen molar-refractivity contribution in [2.24, 2.45) is 0 Å². The van der Waals surface area contributed by atoms with E-state index < -0.39 is 10.0 Å². The molecular weight excluding hydrogens is 272 g/mol. The average Bonchev–Trinajstić information content (AvgIpc) is 2.40. The van der Waals surface area contributed by atoms with Gasteiger partial charge < -0.3 is 5.73 Å². The highest BCUT2D eigenvalue weighted by molar-refractivity contribution is 7.92. The second-order valence-corrected chi connectivity index (χ2v) is 6.78. The van der Waals surface area contributed by atoms with E-state index in [9.17, 15) is 8.42 Å². The van der Waals surface area contributed by atoms with E-state index in [0.717, 1.165) is 11.1 Å². The number of hydrogen-bond donors (Lipinski definition) is 1. The number of nitrogen functional groups attached to an aromatic ring is 1. The maximum atomic E-state index is 12.6. The Hall–Kier alpha value is -2.01. The number of hydrogen-bond acceptors (Lipinski definition) is 3. The molecule has 106 valence electrons. The highest BCUT2D eigenvalue weighted by Crippen LogP contribution is 2.24. The summed E-state index contributed by atoms with van der Waals surface area (Å²) in [5, 5.41) is 0. The van der Waals surface area contributed by atoms with Crippen LogP contribution in [0.5, 0.6) is 0 Å². The Morgan fingerprint density at radius 2 is 1.70 bits per heavy atom. The van der Waals surface area contributed by atoms with E-state index >= 15 is 0 Å². The Morgan fingerprint density at radius 3 is 2.30 bits per heavy atom. The molecule has 0 radical (unpaired) electrons. The molecule has 2 aromatic carbocycles. The first-order valence-electron chi connectivity index (χ1n) is 6.24. The van der Waals surface area contributed by atoms with Gasteiger partial charge in [0, 0.05) is 12.7 Å². The molecule has 20 heavy (non-hydrogen) atoms. The molecule has 0 unspecified atom stereocenters. The second-order valence-electron chi connectivity index (χ2n) is 4.81. The van der Waals surface area contributed by atoms with Gasteiger partial charge in [-0.3, -0.25) is 4.31 Å². The first-order valence-corrected chi connectivity index (χ1v) is 7.68. The summed E-state index contributed by atoms with van der Waals surface area (Å²) in [5.41, 5.74) is 8.79. The van der Waals surface area contributed by atoms with Crippen LogP contribution in [-0.2, 0) is 10.0 Å². The molecule has 2 aromatic rings. The molecule has 0 atom stereocenters. The molecule has 0 aliphatic carbocycles. The molecule has 2 N–H and O–H groups in total. The van der Waals surface area contributed by atoms with Crippen LogP contribution in [-0.4, -0.2) is 15.5 Å². The van der Waals surface area contributed by atoms with Crippen molar-refractivity contribution in [1.29, 1.82) is 0 Å². The summed E-state index contributed by atoms with van der Waals surface area (Å²) in [6, 6.07) is 11.9. The van der Waals surface area contributed by atoms with Crippen LogP contribution in [0.1, 0.15) is 11.1 Å². The highest BCUT2D eigenvalue weighted by atomic mass is 32.2. The summed E-state index contributed by atoms with van der Waals surface area (Å²) in [5.74, 6) is 0. The van der Waals surface area contributed by atoms with Gasteiger partial charge in [-0.15, -0.1) is 0 Å². The summed E-state index contributed by atoms with van der Waals surface area (Å²) < 4.78 is 26.4. The predicted octanol–water partition coefficient (Wildman–Crippen LogP) is 2.71. The molecule has 4 nitrogen and oxygen atoms in total. The maximum Gasteiger partial charge on any atom is 0.264 e. The summed E-state index contributed by atoms with van der Waals surface area (Å²) in [4.78, 5) is 0.283. The van der Waals surface area contributed by atoms with E-state index in [-0.39, 0.29) is 4.90 Å². The fraction of sp³-hybridized carbons (Fsp3) is 0.200. The lowest BCUT2D eigenvalue weighted by Crippen LogP contribution is -2.26. The molecule has 0 aliphatic heterocycles. The zero-order valence-corrected chi connectivity index (χ0v) is 12.6. The average molecular weight is 290 g/mol. The Morgan fingerprint density at radius 1 is 1.00 bits per heavy atom. The van der Waals surface area contributed by atoms with Crippen LogP contribution in [0, 0.1) is 13.8 Å². The normalized spacial score (nSPS) is 11.3. The van der Waals surface area contributed by atoms with Crippen molar-refractivity contribution in [3.63, 3.8) is 0 Å². The van der Waals surface area contributed by atoms with E-state index in [1.807, 2.05) is 19.9 Å². The van der Waals surface area contributed by atoms with Crippen LogP contribution in [0.2, 0.25) is 0 Å². The van der Waals surface area contributed by atoms with Gasteiger partial charge in [-0.2, -0.15) is 0 Å². The molecule has 0 heterocycles. The largest absolute Gasteiger partial charge is 0.399 e. The smallest absolute Gasteiger partial charge is 0.264 e. The lowest BCUT2D eigenvalue weighted by molar-refractivity contribution is 0.594. The van der Waals surface area contributed by atoms with Crippen LogP contribution < -0.4 is 10.0 Å². The first-order chi connectivity index (χ1) is 9.32. The topological polar surface area (TPSA) is 63.4 Å². The fourth-order valence-electron chi connectivity index (χ4n) is 1.89. The third-order valence-electron chi connectivity index (χ3n) is 3.37. The van der Waals surface area contributed by atoms with Gasteiger partial charge in [0.05, 0.1) is 10.6 Å². The zero-order chi connectivity index (χ0) is 14.9. The SMILES string of the molecule is Cc1ccc(S(=O)(=O)N(C)c2cccc(N)c2)cc1C. The van der Waals surface area contributed by atoms with Gasteiger partial charge in [0.2, 0.25) is 0 Å². The van der Waals surface area contributed by atoms with Crippen molar-refractivity contribution in [3.8, 4) is 0 Å². The van der Waals surface area contributed by atoms with Crippen LogP contribution in [0.3, 0.4) is 0 Å². The molecule has 0 aliphatic rings. The minimum Gasteiger partial charge on any atom is -0.399 e. The number of nitrogens with two attached hydrogens (primary N) is 1. The Labute approximate surface area is 119 Å². The van der Waals surface area contributed by atoms with Gasteiger partial charge in [0.15, 0.2) is 0 Å². The number of anilines is 2. The van der Waals surface area contributed by atoms with E-state index in [2.05, 4.69) is 0 Å². The molecular formula is C15H18N2O2S. The Balaban J connectivity index is 2.46. The van der Waals surface area contributed by atoms with Crippen molar-refractivity contribution in [3.05, 3.63) is 53.6 Å². The van der Waals surface area contributed by atoms with Crippen molar-refractivity contribution in [2.45, 2.75) is 18.7 Å². The lowest BCUT2D eigenvalue weighted by atomic mass is 10.1. The van der Waals surface area contributed by atoms with Crippen molar-refractivity contribution in [2.75, 3.05) is 17.1 Å². The minimum atomic E-state index is -3.57. The molecule has 0 bridgehead atoms. The molecule has 0 aromatic heterocycles. The number of sulfonamides is 1. The number of nitrogens with zero attached hydrogens (tertiary/aromatic N) is 1. The van der Waals surface area contributed by atoms with Crippen molar-refractivity contribution >= 4 is 21.4 Å². The molecule has 0 saturated heterocycles. The second kappa shape index (κ2) is 5.17. The van der Waals surface area contributed by atoms with E-state index in [1.54, 1.807) is 36.4 Å². The van der Waals surface area contributed by atoms with Gasteiger partial charge in [-0.05, 0) is 55.3 Å². The van der Waals surface area contributed by atoms with Gasteiger partial charge >= 0.3 is 0 Å². The quantitative estimate of drug-likeness (QED) is 0.884. The van der Waals surface area contributed by atoms with Crippen LogP contribution in [0.15, 0.2) is 47.4 Å². The fourth-order valence-corrected chi connectivity index (χ4v) is 3.16. The van der Waals surface area contributed by atoms with Gasteiger partial charge in [0.25, 0.3) is 10.0 Å². The van der Waals surface area contributed by atoms with Crippen LogP contribution in [0.4, 0.5) is 11.4 Å². The molecule has 2 rings (SSSR count). The van der Waals surface area contributed by atoms with Crippen molar-refractivity contribution < 1.29 is 8.42 Å². The molecule has 0 saturated carbocycles. The number of benzene rings is 2. The number of aryl methyl sites for hydroxylation is 2. The van der Waals surface area contributed by atoms with Gasteiger partial charge in [-0.25, -0.2) is 8.42 Å². The Bertz CT molecular complexity index is 739. The molecule has 0 spiro atoms. The van der Waals surface area contributed by atoms with Crippen LogP contribution >= 0.6 is 0 Å². The molecule has 0 amide bonds. The van der Waals surface area contributed by atoms with E-state index in [1.165, 1.54) is 11.4 Å². The Kier molecular flexibility index (Phi) is 3.72. The third-order valence-corrected chi connectivity index (χ3v) is 5.15. The van der Waals surface area contributed by atoms with Crippen molar-refractivity contribution in [1.82, 2.24) is 0 Å². The van der Waals surface area contributed by atoms with Crippen LogP contribution in [0.25, 0.3) is 0 Å². The summed E-state index contributed by atoms with van der Waals surface area (Å²) >= 11 is 0. The van der Waals surface area contributed by atoms with Gasteiger partial charge in [0.1, 0.15) is 0 Å². The monoisotopic (exact) mass is 290 g/mol. The minimum absolute atomic E-state index is 0.283. The molecule has 5 heteroatoms. The van der Waals surface area contributed by atoms with E-state index in [0.29, 0.717) is 11.4 Å².